The molecule has 18 heteroatoms. The van der Waals surface area contributed by atoms with Gasteiger partial charge in [-0.25, -0.2) is 19.6 Å². The van der Waals surface area contributed by atoms with Crippen LogP contribution in [0, 0.1) is 11.8 Å². The highest BCUT2D eigenvalue weighted by Crippen LogP contribution is 2.35. The number of nitrogens with two attached hydrogens (primary N) is 1. The SMILES string of the molecule is CC(C)(C)OC(=O)NCCSSCCOC(=O)NCC#Cc1cn([C@H]2C[C@@H](OCN=[N+]=[N-])[C@@H](CO)O2)c2ncnc(N)c12. The predicted octanol–water partition coefficient (Wildman–Crippen LogP) is 2.93. The highest BCUT2D eigenvalue weighted by molar-refractivity contribution is 8.76. The van der Waals surface area contributed by atoms with Crippen molar-refractivity contribution in [2.75, 3.05) is 50.3 Å². The van der Waals surface area contributed by atoms with E-state index in [1.165, 1.54) is 17.1 Å². The summed E-state index contributed by atoms with van der Waals surface area (Å²) < 4.78 is 23.6. The molecule has 16 nitrogen and oxygen atoms in total. The molecule has 3 atom stereocenters. The van der Waals surface area contributed by atoms with Crippen LogP contribution >= 0.6 is 21.6 Å². The van der Waals surface area contributed by atoms with Crippen LogP contribution in [0.1, 0.15) is 39.0 Å². The number of aromatic nitrogens is 3. The molecule has 0 bridgehead atoms. The van der Waals surface area contributed by atoms with Crippen LogP contribution in [0.3, 0.4) is 0 Å². The number of alkyl carbamates (subject to hydrolysis) is 2. The zero-order valence-corrected chi connectivity index (χ0v) is 25.7. The van der Waals surface area contributed by atoms with Gasteiger partial charge in [-0.15, -0.1) is 0 Å². The third-order valence-corrected chi connectivity index (χ3v) is 7.97. The topological polar surface area (TPSA) is 221 Å². The maximum absolute atomic E-state index is 12.0. The second-order valence-corrected chi connectivity index (χ2v) is 12.6. The van der Waals surface area contributed by atoms with Crippen LogP contribution in [0.15, 0.2) is 17.6 Å². The molecule has 5 N–H and O–H groups in total. The van der Waals surface area contributed by atoms with Crippen molar-refractivity contribution in [2.45, 2.75) is 51.2 Å². The molecule has 43 heavy (non-hydrogen) atoms. The van der Waals surface area contributed by atoms with Gasteiger partial charge >= 0.3 is 12.2 Å². The van der Waals surface area contributed by atoms with E-state index in [0.29, 0.717) is 41.1 Å². The first kappa shape index (κ1) is 33.9. The van der Waals surface area contributed by atoms with Crippen LogP contribution in [-0.2, 0) is 18.9 Å². The molecule has 1 aliphatic heterocycles. The molecule has 0 spiro atoms. The quantitative estimate of drug-likeness (QED) is 0.0622. The maximum Gasteiger partial charge on any atom is 0.407 e. The van der Waals surface area contributed by atoms with Crippen LogP contribution in [-0.4, -0.2) is 94.2 Å². The van der Waals surface area contributed by atoms with Crippen LogP contribution in [0.2, 0.25) is 0 Å². The molecule has 2 amide bonds. The number of rotatable bonds is 13. The van der Waals surface area contributed by atoms with Gasteiger partial charge in [0.05, 0.1) is 30.2 Å². The fourth-order valence-electron chi connectivity index (χ4n) is 3.89. The molecule has 0 saturated carbocycles. The van der Waals surface area contributed by atoms with E-state index in [1.807, 2.05) is 0 Å². The van der Waals surface area contributed by atoms with E-state index in [-0.39, 0.29) is 32.3 Å². The molecule has 3 rings (SSSR count). The monoisotopic (exact) mass is 637 g/mol. The molecule has 1 fully saturated rings. The Hall–Kier alpha value is -3.59. The Bertz CT molecular complexity index is 1350. The molecule has 0 unspecified atom stereocenters. The van der Waals surface area contributed by atoms with Crippen molar-refractivity contribution in [1.82, 2.24) is 25.2 Å². The zero-order chi connectivity index (χ0) is 31.2. The predicted molar refractivity (Wildman–Crippen MR) is 162 cm³/mol. The Morgan fingerprint density at radius 3 is 2.84 bits per heavy atom. The van der Waals surface area contributed by atoms with Gasteiger partial charge in [-0.3, -0.25) is 0 Å². The second kappa shape index (κ2) is 16.9. The zero-order valence-electron chi connectivity index (χ0n) is 24.0. The number of carbonyl (C=O) groups is 2. The van der Waals surface area contributed by atoms with Crippen molar-refractivity contribution in [2.24, 2.45) is 5.11 Å². The molecule has 0 radical (unpaired) electrons. The van der Waals surface area contributed by atoms with Crippen LogP contribution in [0.25, 0.3) is 21.5 Å². The van der Waals surface area contributed by atoms with E-state index < -0.39 is 36.2 Å². The van der Waals surface area contributed by atoms with Crippen molar-refractivity contribution < 1.29 is 33.6 Å². The summed E-state index contributed by atoms with van der Waals surface area (Å²) in [6.45, 7) is 5.64. The molecular weight excluding hydrogens is 602 g/mol. The second-order valence-electron chi connectivity index (χ2n) is 9.88. The highest BCUT2D eigenvalue weighted by atomic mass is 33.1. The van der Waals surface area contributed by atoms with E-state index >= 15 is 0 Å². The van der Waals surface area contributed by atoms with E-state index in [2.05, 4.69) is 42.5 Å². The van der Waals surface area contributed by atoms with Gasteiger partial charge in [0.1, 0.15) is 49.1 Å². The summed E-state index contributed by atoms with van der Waals surface area (Å²) >= 11 is 0. The Balaban J connectivity index is 1.44. The van der Waals surface area contributed by atoms with E-state index in [0.717, 1.165) is 0 Å². The smallest absolute Gasteiger partial charge is 0.407 e. The maximum atomic E-state index is 12.0. The number of hydrogen-bond acceptors (Lipinski definition) is 13. The van der Waals surface area contributed by atoms with E-state index in [1.54, 1.807) is 42.3 Å². The molecule has 0 aliphatic carbocycles. The number of hydrogen-bond donors (Lipinski definition) is 4. The Kier molecular flexibility index (Phi) is 13.3. The van der Waals surface area contributed by atoms with Crippen LogP contribution in [0.5, 0.6) is 0 Å². The highest BCUT2D eigenvalue weighted by Gasteiger charge is 2.37. The van der Waals surface area contributed by atoms with Gasteiger partial charge < -0.3 is 45.0 Å². The number of amides is 2. The number of nitrogen functional groups attached to an aromatic ring is 1. The number of fused-ring (bicyclic) bond motifs is 1. The summed E-state index contributed by atoms with van der Waals surface area (Å²) in [5, 5.41) is 18.9. The first-order valence-corrected chi connectivity index (χ1v) is 15.7. The van der Waals surface area contributed by atoms with Crippen molar-refractivity contribution in [3.8, 4) is 11.8 Å². The van der Waals surface area contributed by atoms with Crippen molar-refractivity contribution in [1.29, 1.82) is 0 Å². The third kappa shape index (κ3) is 10.9. The van der Waals surface area contributed by atoms with Crippen LogP contribution < -0.4 is 16.4 Å². The Morgan fingerprint density at radius 2 is 2.09 bits per heavy atom. The lowest BCUT2D eigenvalue weighted by Crippen LogP contribution is -2.33. The van der Waals surface area contributed by atoms with Gasteiger partial charge in [0, 0.05) is 35.6 Å². The molecule has 1 saturated heterocycles. The summed E-state index contributed by atoms with van der Waals surface area (Å²) in [5.74, 6) is 7.34. The van der Waals surface area contributed by atoms with Gasteiger partial charge in [-0.2, -0.15) is 0 Å². The summed E-state index contributed by atoms with van der Waals surface area (Å²) in [4.78, 5) is 34.7. The van der Waals surface area contributed by atoms with Gasteiger partial charge in [-0.1, -0.05) is 38.5 Å². The van der Waals surface area contributed by atoms with Gasteiger partial charge in [0.25, 0.3) is 0 Å². The Labute approximate surface area is 256 Å². The number of anilines is 1. The van der Waals surface area contributed by atoms with Crippen molar-refractivity contribution in [3.63, 3.8) is 0 Å². The van der Waals surface area contributed by atoms with E-state index in [4.69, 9.17) is 30.2 Å². The number of nitrogens with one attached hydrogen (secondary N) is 2. The largest absolute Gasteiger partial charge is 0.449 e. The van der Waals surface area contributed by atoms with Crippen molar-refractivity contribution in [3.05, 3.63) is 28.5 Å². The van der Waals surface area contributed by atoms with E-state index in [9.17, 15) is 14.7 Å². The van der Waals surface area contributed by atoms with Gasteiger partial charge in [0.15, 0.2) is 0 Å². The molecule has 2 aromatic heterocycles. The molecule has 1 aliphatic rings. The minimum absolute atomic E-state index is 0.0270. The lowest BCUT2D eigenvalue weighted by molar-refractivity contribution is -0.0593. The molecular formula is C25H35N9O7S2. The molecule has 3 heterocycles. The molecule has 234 valence electrons. The molecule has 0 aromatic carbocycles. The average molecular weight is 638 g/mol. The Morgan fingerprint density at radius 1 is 1.30 bits per heavy atom. The fraction of sp³-hybridized carbons (Fsp3) is 0.600. The third-order valence-electron chi connectivity index (χ3n) is 5.60. The number of aliphatic hydroxyl groups is 1. The van der Waals surface area contributed by atoms with Gasteiger partial charge in [-0.05, 0) is 26.3 Å². The number of aliphatic hydroxyl groups excluding tert-OH is 1. The number of azide groups is 1. The number of ether oxygens (including phenoxy) is 4. The van der Waals surface area contributed by atoms with Gasteiger partial charge in [0.2, 0.25) is 0 Å². The van der Waals surface area contributed by atoms with Crippen molar-refractivity contribution >= 4 is 50.6 Å². The van der Waals surface area contributed by atoms with Crippen LogP contribution in [0.4, 0.5) is 15.4 Å². The summed E-state index contributed by atoms with van der Waals surface area (Å²) in [7, 11) is 3.07. The normalized spacial score (nSPS) is 17.9. The lowest BCUT2D eigenvalue weighted by atomic mass is 10.2. The first-order chi connectivity index (χ1) is 20.6. The summed E-state index contributed by atoms with van der Waals surface area (Å²) in [6, 6.07) is 0. The standard InChI is InChI=1S/C25H35N9O7S2/c1-25(2,3)41-24(37)29-7-9-42-43-10-8-38-23(36)28-6-4-5-16-12-34(22-20(16)21(26)30-14-31-22)19-11-17(18(13-35)40-19)39-15-32-33-27/h12,14,17-19,35H,6-11,13,15H2,1-3H3,(H,28,36)(H,29,37)(H2,26,30,31)/t17-,18-,19-/m1/s1. The average Bonchev–Trinajstić information content (AvgIpc) is 3.53. The fourth-order valence-corrected chi connectivity index (χ4v) is 5.62. The number of nitrogens with zero attached hydrogens (tertiary/aromatic N) is 6. The summed E-state index contributed by atoms with van der Waals surface area (Å²) in [5.41, 5.74) is 15.1. The minimum Gasteiger partial charge on any atom is -0.449 e. The lowest BCUT2D eigenvalue weighted by Gasteiger charge is -2.19. The first-order valence-electron chi connectivity index (χ1n) is 13.2. The minimum atomic E-state index is -0.626. The molecule has 2 aromatic rings. The number of carbonyl (C=O) groups excluding carboxylic acids is 2. The summed E-state index contributed by atoms with van der Waals surface area (Å²) in [6.07, 6.45) is 0.677.